The molecule has 2 aromatic rings. The molecular weight excluding hydrogens is 708 g/mol. The summed E-state index contributed by atoms with van der Waals surface area (Å²) in [6, 6.07) is 12.7. The third kappa shape index (κ3) is 14.3. The van der Waals surface area contributed by atoms with Crippen molar-refractivity contribution >= 4 is 58.7 Å². The molecule has 18 nitrogen and oxygen atoms in total. The molecule has 6 amide bonds. The molecule has 18 heteroatoms. The van der Waals surface area contributed by atoms with Crippen molar-refractivity contribution in [1.82, 2.24) is 31.1 Å². The molecule has 0 bridgehead atoms. The Hall–Kier alpha value is -6.20. The third-order valence-electron chi connectivity index (χ3n) is 9.08. The number of aliphatic imine (C=N–C) groups is 2. The molecule has 2 atom stereocenters. The SMILES string of the molecule is NC(N)=Nc1ccc(CNC(=O)CN2CCCC(NC(=O)CCCCCC(=O)NC3CCCN(CC(=O)NCc4ccc(N=C(N)N)cc4)C3=O)C2=O)cc1. The van der Waals surface area contributed by atoms with Gasteiger partial charge in [0, 0.05) is 39.0 Å². The zero-order chi connectivity index (χ0) is 39.7. The maximum absolute atomic E-state index is 13.0. The van der Waals surface area contributed by atoms with Gasteiger partial charge in [0.2, 0.25) is 35.4 Å². The van der Waals surface area contributed by atoms with E-state index >= 15 is 0 Å². The van der Waals surface area contributed by atoms with E-state index in [0.29, 0.717) is 69.4 Å². The number of amides is 6. The van der Waals surface area contributed by atoms with Crippen molar-refractivity contribution in [3.63, 3.8) is 0 Å². The van der Waals surface area contributed by atoms with Crippen LogP contribution in [-0.4, -0.2) is 95.4 Å². The van der Waals surface area contributed by atoms with Crippen LogP contribution >= 0.6 is 0 Å². The Balaban J connectivity index is 1.08. The minimum Gasteiger partial charge on any atom is -0.370 e. The van der Waals surface area contributed by atoms with Gasteiger partial charge >= 0.3 is 0 Å². The normalized spacial score (nSPS) is 16.8. The van der Waals surface area contributed by atoms with E-state index in [1.807, 2.05) is 0 Å². The Kier molecular flexibility index (Phi) is 15.8. The number of nitrogens with zero attached hydrogens (tertiary/aromatic N) is 4. The Bertz CT molecular complexity index is 1600. The predicted octanol–water partition coefficient (Wildman–Crippen LogP) is -0.406. The summed E-state index contributed by atoms with van der Waals surface area (Å²) in [7, 11) is 0. The molecule has 0 saturated carbocycles. The monoisotopic (exact) mass is 760 g/mol. The number of piperidine rings is 2. The summed E-state index contributed by atoms with van der Waals surface area (Å²) in [4.78, 5) is 87.3. The number of nitrogens with two attached hydrogens (primary N) is 4. The van der Waals surface area contributed by atoms with Crippen LogP contribution in [0.3, 0.4) is 0 Å². The molecule has 2 heterocycles. The lowest BCUT2D eigenvalue weighted by molar-refractivity contribution is -0.141. The van der Waals surface area contributed by atoms with Crippen LogP contribution in [0.15, 0.2) is 58.5 Å². The van der Waals surface area contributed by atoms with Gasteiger partial charge < -0.3 is 54.0 Å². The molecule has 4 rings (SSSR count). The van der Waals surface area contributed by atoms with Crippen LogP contribution in [0.4, 0.5) is 11.4 Å². The van der Waals surface area contributed by atoms with Crippen molar-refractivity contribution in [2.45, 2.75) is 83.0 Å². The first-order valence-corrected chi connectivity index (χ1v) is 18.4. The van der Waals surface area contributed by atoms with E-state index in [2.05, 4.69) is 31.3 Å². The first-order valence-electron chi connectivity index (χ1n) is 18.4. The van der Waals surface area contributed by atoms with Gasteiger partial charge in [-0.15, -0.1) is 0 Å². The van der Waals surface area contributed by atoms with Gasteiger partial charge in [-0.2, -0.15) is 0 Å². The zero-order valence-electron chi connectivity index (χ0n) is 30.9. The molecule has 2 fully saturated rings. The number of likely N-dealkylation sites (tertiary alicyclic amines) is 2. The Labute approximate surface area is 319 Å². The molecule has 2 saturated heterocycles. The summed E-state index contributed by atoms with van der Waals surface area (Å²) in [5.74, 6) is -1.85. The first-order chi connectivity index (χ1) is 26.4. The molecular formula is C37H52N12O6. The third-order valence-corrected chi connectivity index (χ3v) is 9.08. The van der Waals surface area contributed by atoms with Gasteiger partial charge in [0.1, 0.15) is 12.1 Å². The number of carbonyl (C=O) groups excluding carboxylic acids is 6. The van der Waals surface area contributed by atoms with Gasteiger partial charge in [0.15, 0.2) is 11.9 Å². The summed E-state index contributed by atoms with van der Waals surface area (Å²) in [6.07, 6.45) is 4.30. The maximum Gasteiger partial charge on any atom is 0.245 e. The largest absolute Gasteiger partial charge is 0.370 e. The molecule has 296 valence electrons. The lowest BCUT2D eigenvalue weighted by atomic mass is 10.0. The molecule has 55 heavy (non-hydrogen) atoms. The minimum absolute atomic E-state index is 0.0487. The fourth-order valence-corrected chi connectivity index (χ4v) is 6.28. The number of rotatable bonds is 18. The van der Waals surface area contributed by atoms with Gasteiger partial charge in [-0.25, -0.2) is 9.98 Å². The predicted molar refractivity (Wildman–Crippen MR) is 206 cm³/mol. The average Bonchev–Trinajstić information content (AvgIpc) is 3.14. The molecule has 0 aromatic heterocycles. The summed E-state index contributed by atoms with van der Waals surface area (Å²) in [6.45, 7) is 1.16. The van der Waals surface area contributed by atoms with E-state index in [-0.39, 0.29) is 86.4 Å². The van der Waals surface area contributed by atoms with E-state index in [0.717, 1.165) is 11.1 Å². The summed E-state index contributed by atoms with van der Waals surface area (Å²) in [5, 5.41) is 11.2. The highest BCUT2D eigenvalue weighted by Crippen LogP contribution is 2.16. The maximum atomic E-state index is 13.0. The molecule has 2 unspecified atom stereocenters. The number of benzene rings is 2. The summed E-state index contributed by atoms with van der Waals surface area (Å²) >= 11 is 0. The van der Waals surface area contributed by atoms with E-state index in [1.54, 1.807) is 48.5 Å². The van der Waals surface area contributed by atoms with Crippen LogP contribution < -0.4 is 44.2 Å². The van der Waals surface area contributed by atoms with E-state index in [1.165, 1.54) is 9.80 Å². The van der Waals surface area contributed by atoms with Crippen LogP contribution in [0.5, 0.6) is 0 Å². The van der Waals surface area contributed by atoms with Gasteiger partial charge in [-0.05, 0) is 73.9 Å². The lowest BCUT2D eigenvalue weighted by Crippen LogP contribution is -2.54. The number of carbonyl (C=O) groups is 6. The van der Waals surface area contributed by atoms with E-state index < -0.39 is 12.1 Å². The molecule has 0 aliphatic carbocycles. The van der Waals surface area contributed by atoms with Crippen molar-refractivity contribution in [3.05, 3.63) is 59.7 Å². The van der Waals surface area contributed by atoms with Crippen LogP contribution in [0.1, 0.15) is 68.9 Å². The number of hydrogen-bond donors (Lipinski definition) is 8. The number of nitrogens with one attached hydrogen (secondary N) is 4. The van der Waals surface area contributed by atoms with Gasteiger partial charge in [0.25, 0.3) is 0 Å². The molecule has 12 N–H and O–H groups in total. The van der Waals surface area contributed by atoms with Gasteiger partial charge in [-0.3, -0.25) is 28.8 Å². The number of guanidine groups is 2. The van der Waals surface area contributed by atoms with Crippen LogP contribution in [0.2, 0.25) is 0 Å². The highest BCUT2D eigenvalue weighted by Gasteiger charge is 2.32. The second kappa shape index (κ2) is 20.9. The zero-order valence-corrected chi connectivity index (χ0v) is 30.9. The van der Waals surface area contributed by atoms with Crippen LogP contribution in [-0.2, 0) is 41.9 Å². The summed E-state index contributed by atoms with van der Waals surface area (Å²) < 4.78 is 0. The lowest BCUT2D eigenvalue weighted by Gasteiger charge is -2.32. The molecule has 2 aliphatic heterocycles. The van der Waals surface area contributed by atoms with Crippen molar-refractivity contribution in [3.8, 4) is 0 Å². The Morgan fingerprint density at radius 3 is 1.33 bits per heavy atom. The van der Waals surface area contributed by atoms with Crippen LogP contribution in [0, 0.1) is 0 Å². The minimum atomic E-state index is -0.697. The second-order valence-corrected chi connectivity index (χ2v) is 13.6. The quantitative estimate of drug-likeness (QED) is 0.0552. The van der Waals surface area contributed by atoms with Crippen molar-refractivity contribution < 1.29 is 28.8 Å². The highest BCUT2D eigenvalue weighted by molar-refractivity contribution is 5.92. The standard InChI is InChI=1S/C37H52N12O6/c38-36(39)44-26-14-10-24(11-15-26)20-42-32(52)22-48-18-4-6-28(34(48)54)46-30(50)8-2-1-3-9-31(51)47-29-7-5-19-49(35(29)55)23-33(53)43-21-25-12-16-27(17-13-25)45-37(40)41/h10-17,28-29H,1-9,18-23H2,(H,42,52)(H,43,53)(H,46,50)(H,47,51)(H4,38,39,44)(H4,40,41,45). The fourth-order valence-electron chi connectivity index (χ4n) is 6.28. The number of hydrogen-bond acceptors (Lipinski definition) is 8. The topological polar surface area (TPSA) is 286 Å². The second-order valence-electron chi connectivity index (χ2n) is 13.6. The van der Waals surface area contributed by atoms with Crippen LogP contribution in [0.25, 0.3) is 0 Å². The fraction of sp³-hybridized carbons (Fsp3) is 0.459. The van der Waals surface area contributed by atoms with Crippen molar-refractivity contribution in [2.75, 3.05) is 26.2 Å². The van der Waals surface area contributed by atoms with E-state index in [4.69, 9.17) is 22.9 Å². The van der Waals surface area contributed by atoms with Crippen molar-refractivity contribution in [2.24, 2.45) is 32.9 Å². The highest BCUT2D eigenvalue weighted by atomic mass is 16.2. The summed E-state index contributed by atoms with van der Waals surface area (Å²) in [5.41, 5.74) is 24.4. The Morgan fingerprint density at radius 2 is 0.964 bits per heavy atom. The smallest absolute Gasteiger partial charge is 0.245 e. The Morgan fingerprint density at radius 1 is 0.582 bits per heavy atom. The van der Waals surface area contributed by atoms with Crippen molar-refractivity contribution in [1.29, 1.82) is 0 Å². The first kappa shape index (κ1) is 41.6. The molecule has 0 radical (unpaired) electrons. The molecule has 2 aromatic carbocycles. The molecule has 2 aliphatic rings. The van der Waals surface area contributed by atoms with Gasteiger partial charge in [-0.1, -0.05) is 30.7 Å². The molecule has 0 spiro atoms. The average molecular weight is 761 g/mol. The van der Waals surface area contributed by atoms with E-state index in [9.17, 15) is 28.8 Å². The number of unbranched alkanes of at least 4 members (excludes halogenated alkanes) is 2. The van der Waals surface area contributed by atoms with Gasteiger partial charge in [0.05, 0.1) is 24.5 Å².